The molecule has 0 radical (unpaired) electrons. The van der Waals surface area contributed by atoms with E-state index in [1.807, 2.05) is 13.8 Å². The van der Waals surface area contributed by atoms with Crippen molar-refractivity contribution in [2.24, 2.45) is 5.92 Å². The highest BCUT2D eigenvalue weighted by Gasteiger charge is 2.32. The molecule has 13 heavy (non-hydrogen) atoms. The molecule has 0 unspecified atom stereocenters. The summed E-state index contributed by atoms with van der Waals surface area (Å²) in [4.78, 5) is 11.3. The Balaban J connectivity index is 2.63. The zero-order valence-electron chi connectivity index (χ0n) is 8.47. The summed E-state index contributed by atoms with van der Waals surface area (Å²) in [5.41, 5.74) is 0. The minimum absolute atomic E-state index is 0.0185. The summed E-state index contributed by atoms with van der Waals surface area (Å²) in [6.45, 7) is 6.19. The molecule has 1 rings (SSSR count). The summed E-state index contributed by atoms with van der Waals surface area (Å²) in [5, 5.41) is 0. The van der Waals surface area contributed by atoms with Gasteiger partial charge in [-0.1, -0.05) is 22.9 Å². The van der Waals surface area contributed by atoms with Crippen molar-refractivity contribution in [1.29, 1.82) is 0 Å². The monoisotopic (exact) mass is 248 g/mol. The second-order valence-corrected chi connectivity index (χ2v) is 6.47. The van der Waals surface area contributed by atoms with E-state index < -0.39 is 0 Å². The Bertz CT molecular complexity index is 196. The van der Waals surface area contributed by atoms with E-state index in [4.69, 9.17) is 4.74 Å². The van der Waals surface area contributed by atoms with E-state index in [-0.39, 0.29) is 16.4 Å². The fourth-order valence-corrected chi connectivity index (χ4v) is 1.89. The molecule has 0 aliphatic carbocycles. The molecule has 76 valence electrons. The molecule has 1 aliphatic rings. The largest absolute Gasteiger partial charge is 0.461 e. The van der Waals surface area contributed by atoms with Gasteiger partial charge in [-0.25, -0.2) is 0 Å². The van der Waals surface area contributed by atoms with E-state index in [1.54, 1.807) is 0 Å². The SMILES string of the molecule is C[C@@H]1CC[C@H](C(C)(C)Br)OC(=O)C1. The summed E-state index contributed by atoms with van der Waals surface area (Å²) in [6, 6.07) is 0. The van der Waals surface area contributed by atoms with Crippen LogP contribution in [0.25, 0.3) is 0 Å². The minimum Gasteiger partial charge on any atom is -0.461 e. The number of rotatable bonds is 1. The highest BCUT2D eigenvalue weighted by Crippen LogP contribution is 2.31. The maximum atomic E-state index is 11.3. The first kappa shape index (κ1) is 11.0. The number of hydrogen-bond donors (Lipinski definition) is 0. The number of cyclic esters (lactones) is 1. The number of ether oxygens (including phenoxy) is 1. The van der Waals surface area contributed by atoms with E-state index in [2.05, 4.69) is 22.9 Å². The van der Waals surface area contributed by atoms with Gasteiger partial charge < -0.3 is 4.74 Å². The van der Waals surface area contributed by atoms with Gasteiger partial charge >= 0.3 is 5.97 Å². The quantitative estimate of drug-likeness (QED) is 0.527. The predicted octanol–water partition coefficient (Wildman–Crippen LogP) is 2.89. The number of alkyl halides is 1. The minimum atomic E-state index is -0.104. The molecule has 1 aliphatic heterocycles. The number of carbonyl (C=O) groups excluding carboxylic acids is 1. The average Bonchev–Trinajstić information content (AvgIpc) is 2.09. The summed E-state index contributed by atoms with van der Waals surface area (Å²) in [7, 11) is 0. The molecule has 0 aromatic heterocycles. The lowest BCUT2D eigenvalue weighted by Gasteiger charge is -2.27. The molecule has 0 spiro atoms. The van der Waals surface area contributed by atoms with Gasteiger partial charge in [0.05, 0.1) is 4.32 Å². The fourth-order valence-electron chi connectivity index (χ4n) is 1.57. The van der Waals surface area contributed by atoms with Crippen molar-refractivity contribution >= 4 is 21.9 Å². The number of halogens is 1. The summed E-state index contributed by atoms with van der Waals surface area (Å²) >= 11 is 3.54. The van der Waals surface area contributed by atoms with Crippen LogP contribution in [0.1, 0.15) is 40.0 Å². The second kappa shape index (κ2) is 3.99. The molecule has 1 saturated heterocycles. The van der Waals surface area contributed by atoms with Gasteiger partial charge in [0.15, 0.2) is 0 Å². The van der Waals surface area contributed by atoms with Crippen molar-refractivity contribution in [2.45, 2.75) is 50.5 Å². The molecule has 1 fully saturated rings. The molecule has 0 aromatic carbocycles. The molecule has 2 atom stereocenters. The van der Waals surface area contributed by atoms with Gasteiger partial charge in [-0.15, -0.1) is 0 Å². The van der Waals surface area contributed by atoms with E-state index in [0.29, 0.717) is 12.3 Å². The number of esters is 1. The van der Waals surface area contributed by atoms with Gasteiger partial charge in [0.2, 0.25) is 0 Å². The first-order valence-electron chi connectivity index (χ1n) is 4.78. The zero-order valence-corrected chi connectivity index (χ0v) is 10.1. The van der Waals surface area contributed by atoms with E-state index in [0.717, 1.165) is 12.8 Å². The number of carbonyl (C=O) groups is 1. The topological polar surface area (TPSA) is 26.3 Å². The van der Waals surface area contributed by atoms with E-state index >= 15 is 0 Å². The summed E-state index contributed by atoms with van der Waals surface area (Å²) in [5.74, 6) is 0.412. The lowest BCUT2D eigenvalue weighted by atomic mass is 9.97. The molecule has 0 N–H and O–H groups in total. The van der Waals surface area contributed by atoms with Crippen LogP contribution < -0.4 is 0 Å². The molecular weight excluding hydrogens is 232 g/mol. The number of hydrogen-bond acceptors (Lipinski definition) is 2. The van der Waals surface area contributed by atoms with Gasteiger partial charge in [0.25, 0.3) is 0 Å². The first-order chi connectivity index (χ1) is 5.89. The van der Waals surface area contributed by atoms with Crippen molar-refractivity contribution in [3.05, 3.63) is 0 Å². The molecule has 0 amide bonds. The normalized spacial score (nSPS) is 30.9. The maximum absolute atomic E-state index is 11.3. The van der Waals surface area contributed by atoms with Gasteiger partial charge in [0, 0.05) is 6.42 Å². The van der Waals surface area contributed by atoms with Gasteiger partial charge in [-0.05, 0) is 32.6 Å². The van der Waals surface area contributed by atoms with Crippen LogP contribution in [0.4, 0.5) is 0 Å². The first-order valence-corrected chi connectivity index (χ1v) is 5.57. The van der Waals surface area contributed by atoms with Crippen LogP contribution in [0.3, 0.4) is 0 Å². The van der Waals surface area contributed by atoms with Gasteiger partial charge in [-0.2, -0.15) is 0 Å². The fraction of sp³-hybridized carbons (Fsp3) is 0.900. The van der Waals surface area contributed by atoms with Gasteiger partial charge in [0.1, 0.15) is 6.10 Å². The molecule has 0 aromatic rings. The van der Waals surface area contributed by atoms with Crippen molar-refractivity contribution in [3.8, 4) is 0 Å². The van der Waals surface area contributed by atoms with Crippen LogP contribution in [0.2, 0.25) is 0 Å². The summed E-state index contributed by atoms with van der Waals surface area (Å²) < 4.78 is 5.26. The van der Waals surface area contributed by atoms with E-state index in [9.17, 15) is 4.79 Å². The Kier molecular flexibility index (Phi) is 3.38. The van der Waals surface area contributed by atoms with Crippen LogP contribution in [0.15, 0.2) is 0 Å². The maximum Gasteiger partial charge on any atom is 0.306 e. The van der Waals surface area contributed by atoms with E-state index in [1.165, 1.54) is 0 Å². The van der Waals surface area contributed by atoms with Crippen molar-refractivity contribution in [1.82, 2.24) is 0 Å². The Morgan fingerprint density at radius 3 is 2.62 bits per heavy atom. The smallest absolute Gasteiger partial charge is 0.306 e. The van der Waals surface area contributed by atoms with Crippen LogP contribution in [-0.2, 0) is 9.53 Å². The lowest BCUT2D eigenvalue weighted by molar-refractivity contribution is -0.149. The highest BCUT2D eigenvalue weighted by molar-refractivity contribution is 9.10. The molecular formula is C10H17BrO2. The molecule has 2 nitrogen and oxygen atoms in total. The Morgan fingerprint density at radius 2 is 2.08 bits per heavy atom. The third kappa shape index (κ3) is 3.29. The highest BCUT2D eigenvalue weighted by atomic mass is 79.9. The van der Waals surface area contributed by atoms with Crippen molar-refractivity contribution < 1.29 is 9.53 Å². The zero-order chi connectivity index (χ0) is 10.1. The van der Waals surface area contributed by atoms with Crippen LogP contribution in [-0.4, -0.2) is 16.4 Å². The van der Waals surface area contributed by atoms with Crippen LogP contribution >= 0.6 is 15.9 Å². The van der Waals surface area contributed by atoms with Crippen LogP contribution in [0.5, 0.6) is 0 Å². The average molecular weight is 249 g/mol. The van der Waals surface area contributed by atoms with Gasteiger partial charge in [-0.3, -0.25) is 4.79 Å². The molecule has 0 saturated carbocycles. The Hall–Kier alpha value is -0.0500. The third-order valence-electron chi connectivity index (χ3n) is 2.48. The second-order valence-electron chi connectivity index (χ2n) is 4.43. The Labute approximate surface area is 88.2 Å². The van der Waals surface area contributed by atoms with Crippen molar-refractivity contribution in [2.75, 3.05) is 0 Å². The Morgan fingerprint density at radius 1 is 1.46 bits per heavy atom. The standard InChI is InChI=1S/C10H17BrO2/c1-7-4-5-8(10(2,3)11)13-9(12)6-7/h7-8H,4-6H2,1-3H3/t7-,8-/m1/s1. The van der Waals surface area contributed by atoms with Crippen LogP contribution in [0, 0.1) is 5.92 Å². The molecule has 0 bridgehead atoms. The van der Waals surface area contributed by atoms with Crippen molar-refractivity contribution in [3.63, 3.8) is 0 Å². The lowest BCUT2D eigenvalue weighted by Crippen LogP contribution is -2.33. The molecule has 3 heteroatoms. The third-order valence-corrected chi connectivity index (χ3v) is 2.99. The summed E-state index contributed by atoms with van der Waals surface area (Å²) in [6.07, 6.45) is 2.63. The predicted molar refractivity (Wildman–Crippen MR) is 55.9 cm³/mol. The molecule has 1 heterocycles.